The van der Waals surface area contributed by atoms with Crippen LogP contribution in [0.3, 0.4) is 0 Å². The zero-order valence-corrected chi connectivity index (χ0v) is 20.7. The SMILES string of the molecule is CCC(=O)OCCCCCCCCCCOc1cncc2cc(-c3ccc(OC)cc3)c(=O)oc12. The first-order chi connectivity index (χ1) is 17.1. The second-order valence-electron chi connectivity index (χ2n) is 8.48. The molecule has 2 aromatic heterocycles. The Morgan fingerprint density at radius 3 is 2.23 bits per heavy atom. The molecule has 0 aliphatic carbocycles. The summed E-state index contributed by atoms with van der Waals surface area (Å²) in [5.74, 6) is 1.10. The number of aromatic nitrogens is 1. The van der Waals surface area contributed by atoms with Gasteiger partial charge in [-0.05, 0) is 36.6 Å². The van der Waals surface area contributed by atoms with Crippen LogP contribution >= 0.6 is 0 Å². The van der Waals surface area contributed by atoms with E-state index in [1.165, 1.54) is 19.3 Å². The summed E-state index contributed by atoms with van der Waals surface area (Å²) in [6.45, 7) is 2.90. The van der Waals surface area contributed by atoms with Crippen LogP contribution in [0.5, 0.6) is 11.5 Å². The van der Waals surface area contributed by atoms with Gasteiger partial charge >= 0.3 is 11.6 Å². The Kier molecular flexibility index (Phi) is 10.6. The van der Waals surface area contributed by atoms with Crippen molar-refractivity contribution in [3.05, 3.63) is 53.1 Å². The zero-order chi connectivity index (χ0) is 24.9. The van der Waals surface area contributed by atoms with Gasteiger partial charge in [-0.2, -0.15) is 0 Å². The van der Waals surface area contributed by atoms with Crippen LogP contribution in [0, 0.1) is 0 Å². The van der Waals surface area contributed by atoms with Crippen molar-refractivity contribution in [1.29, 1.82) is 0 Å². The molecule has 0 spiro atoms. The van der Waals surface area contributed by atoms with Gasteiger partial charge in [-0.1, -0.05) is 57.6 Å². The van der Waals surface area contributed by atoms with Crippen LogP contribution in [0.1, 0.15) is 64.7 Å². The van der Waals surface area contributed by atoms with E-state index in [4.69, 9.17) is 18.6 Å². The van der Waals surface area contributed by atoms with Gasteiger partial charge < -0.3 is 18.6 Å². The number of esters is 1. The van der Waals surface area contributed by atoms with Gasteiger partial charge in [-0.25, -0.2) is 4.79 Å². The van der Waals surface area contributed by atoms with E-state index in [0.29, 0.717) is 36.5 Å². The van der Waals surface area contributed by atoms with E-state index in [0.717, 1.165) is 48.8 Å². The van der Waals surface area contributed by atoms with Crippen LogP contribution in [0.2, 0.25) is 0 Å². The maximum absolute atomic E-state index is 12.6. The average Bonchev–Trinajstić information content (AvgIpc) is 2.89. The van der Waals surface area contributed by atoms with Gasteiger partial charge in [0.1, 0.15) is 5.75 Å². The Morgan fingerprint density at radius 1 is 0.914 bits per heavy atom. The average molecular weight is 482 g/mol. The Morgan fingerprint density at radius 2 is 1.57 bits per heavy atom. The van der Waals surface area contributed by atoms with Crippen LogP contribution in [0.25, 0.3) is 22.1 Å². The van der Waals surface area contributed by atoms with Crippen LogP contribution in [-0.4, -0.2) is 31.3 Å². The molecule has 1 aromatic carbocycles. The number of hydrogen-bond acceptors (Lipinski definition) is 7. The zero-order valence-electron chi connectivity index (χ0n) is 20.7. The largest absolute Gasteiger partial charge is 0.497 e. The standard InChI is InChI=1S/C28H35NO6/c1-3-26(30)34-17-11-9-7-5-4-6-8-10-16-33-25-20-29-19-22-18-24(28(31)35-27(22)25)21-12-14-23(32-2)15-13-21/h12-15,18-20H,3-11,16-17H2,1-2H3. The minimum atomic E-state index is -0.415. The van der Waals surface area contributed by atoms with Gasteiger partial charge in [0, 0.05) is 18.0 Å². The predicted molar refractivity (Wildman–Crippen MR) is 136 cm³/mol. The number of rotatable bonds is 15. The molecule has 0 saturated carbocycles. The van der Waals surface area contributed by atoms with Gasteiger partial charge in [0.05, 0.1) is 32.1 Å². The molecule has 0 radical (unpaired) electrons. The van der Waals surface area contributed by atoms with Crippen LogP contribution in [0.15, 0.2) is 51.9 Å². The van der Waals surface area contributed by atoms with Crippen molar-refractivity contribution in [2.24, 2.45) is 0 Å². The highest BCUT2D eigenvalue weighted by atomic mass is 16.5. The number of pyridine rings is 1. The highest BCUT2D eigenvalue weighted by Crippen LogP contribution is 2.27. The van der Waals surface area contributed by atoms with Crippen LogP contribution in [0.4, 0.5) is 0 Å². The minimum absolute atomic E-state index is 0.119. The van der Waals surface area contributed by atoms with E-state index < -0.39 is 5.63 Å². The van der Waals surface area contributed by atoms with Crippen molar-refractivity contribution >= 4 is 16.9 Å². The van der Waals surface area contributed by atoms with Crippen molar-refractivity contribution in [2.75, 3.05) is 20.3 Å². The maximum atomic E-state index is 12.6. The molecule has 3 aromatic rings. The van der Waals surface area contributed by atoms with Gasteiger partial charge in [-0.15, -0.1) is 0 Å². The monoisotopic (exact) mass is 481 g/mol. The first-order valence-corrected chi connectivity index (χ1v) is 12.5. The molecule has 0 bridgehead atoms. The molecule has 0 saturated heterocycles. The van der Waals surface area contributed by atoms with Crippen LogP contribution in [-0.2, 0) is 9.53 Å². The number of unbranched alkanes of at least 4 members (excludes halogenated alkanes) is 7. The lowest BCUT2D eigenvalue weighted by Crippen LogP contribution is -2.05. The lowest BCUT2D eigenvalue weighted by atomic mass is 10.1. The molecule has 35 heavy (non-hydrogen) atoms. The normalized spacial score (nSPS) is 10.9. The molecule has 3 rings (SSSR count). The maximum Gasteiger partial charge on any atom is 0.344 e. The molecule has 0 amide bonds. The number of methoxy groups -OCH3 is 1. The summed E-state index contributed by atoms with van der Waals surface area (Å²) >= 11 is 0. The fourth-order valence-corrected chi connectivity index (χ4v) is 3.83. The first-order valence-electron chi connectivity index (χ1n) is 12.5. The third-order valence-electron chi connectivity index (χ3n) is 5.85. The number of carbonyl (C=O) groups excluding carboxylic acids is 1. The van der Waals surface area contributed by atoms with E-state index in [1.807, 2.05) is 31.2 Å². The molecule has 0 aliphatic rings. The Labute approximate surface area is 206 Å². The Balaban J connectivity index is 1.40. The van der Waals surface area contributed by atoms with Crippen molar-refractivity contribution in [3.8, 4) is 22.6 Å². The van der Waals surface area contributed by atoms with E-state index in [-0.39, 0.29) is 5.97 Å². The molecular formula is C28H35NO6. The van der Waals surface area contributed by atoms with E-state index >= 15 is 0 Å². The Hall–Kier alpha value is -3.35. The predicted octanol–water partition coefficient (Wildman–Crippen LogP) is 6.32. The van der Waals surface area contributed by atoms with Crippen molar-refractivity contribution in [3.63, 3.8) is 0 Å². The molecule has 2 heterocycles. The second-order valence-corrected chi connectivity index (χ2v) is 8.48. The fourth-order valence-electron chi connectivity index (χ4n) is 3.83. The number of hydrogen-bond donors (Lipinski definition) is 0. The molecule has 0 fully saturated rings. The molecule has 0 N–H and O–H groups in total. The van der Waals surface area contributed by atoms with Gasteiger partial charge in [0.25, 0.3) is 0 Å². The number of fused-ring (bicyclic) bond motifs is 1. The van der Waals surface area contributed by atoms with Crippen molar-refractivity contribution < 1.29 is 23.4 Å². The second kappa shape index (κ2) is 14.1. The molecule has 7 nitrogen and oxygen atoms in total. The summed E-state index contributed by atoms with van der Waals surface area (Å²) in [5.41, 5.74) is 1.24. The van der Waals surface area contributed by atoms with Gasteiger partial charge in [0.15, 0.2) is 11.3 Å². The minimum Gasteiger partial charge on any atom is -0.497 e. The number of nitrogens with zero attached hydrogens (tertiary/aromatic N) is 1. The topological polar surface area (TPSA) is 87.9 Å². The molecule has 188 valence electrons. The number of carbonyl (C=O) groups is 1. The highest BCUT2D eigenvalue weighted by molar-refractivity contribution is 5.85. The summed E-state index contributed by atoms with van der Waals surface area (Å²) < 4.78 is 21.8. The summed E-state index contributed by atoms with van der Waals surface area (Å²) in [4.78, 5) is 28.0. The number of ether oxygens (including phenoxy) is 3. The third-order valence-corrected chi connectivity index (χ3v) is 5.85. The van der Waals surface area contributed by atoms with E-state index in [2.05, 4.69) is 4.98 Å². The lowest BCUT2D eigenvalue weighted by molar-refractivity contribution is -0.143. The van der Waals surface area contributed by atoms with Crippen LogP contribution < -0.4 is 15.1 Å². The van der Waals surface area contributed by atoms with Gasteiger partial charge in [0.2, 0.25) is 0 Å². The molecule has 0 unspecified atom stereocenters. The van der Waals surface area contributed by atoms with Gasteiger partial charge in [-0.3, -0.25) is 9.78 Å². The Bertz CT molecular complexity index is 1120. The number of benzene rings is 1. The van der Waals surface area contributed by atoms with Crippen molar-refractivity contribution in [2.45, 2.75) is 64.7 Å². The summed E-state index contributed by atoms with van der Waals surface area (Å²) in [7, 11) is 1.60. The highest BCUT2D eigenvalue weighted by Gasteiger charge is 2.12. The summed E-state index contributed by atoms with van der Waals surface area (Å²) in [6.07, 6.45) is 12.5. The fraction of sp³-hybridized carbons (Fsp3) is 0.464. The molecule has 0 atom stereocenters. The third kappa shape index (κ3) is 8.12. The lowest BCUT2D eigenvalue weighted by Gasteiger charge is -2.09. The quantitative estimate of drug-likeness (QED) is 0.185. The summed E-state index contributed by atoms with van der Waals surface area (Å²) in [5, 5.41) is 0.720. The smallest absolute Gasteiger partial charge is 0.344 e. The first kappa shape index (κ1) is 26.3. The molecule has 7 heteroatoms. The molecular weight excluding hydrogens is 446 g/mol. The van der Waals surface area contributed by atoms with E-state index in [1.54, 1.807) is 25.6 Å². The van der Waals surface area contributed by atoms with Crippen molar-refractivity contribution in [1.82, 2.24) is 4.98 Å². The molecule has 0 aliphatic heterocycles. The summed E-state index contributed by atoms with van der Waals surface area (Å²) in [6, 6.07) is 9.06. The van der Waals surface area contributed by atoms with E-state index in [9.17, 15) is 9.59 Å².